The fraction of sp³-hybridized carbons (Fsp3) is 0.111. The molecule has 5 nitrogen and oxygen atoms in total. The van der Waals surface area contributed by atoms with Crippen LogP contribution in [0.15, 0.2) is 63.9 Å². The van der Waals surface area contributed by atoms with Gasteiger partial charge in [0.15, 0.2) is 6.34 Å². The Morgan fingerprint density at radius 3 is 2.50 bits per heavy atom. The molecule has 1 heterocycles. The highest BCUT2D eigenvalue weighted by Crippen LogP contribution is 2.37. The molecule has 0 atom stereocenters. The van der Waals surface area contributed by atoms with Crippen molar-refractivity contribution in [1.29, 1.82) is 0 Å². The van der Waals surface area contributed by atoms with Gasteiger partial charge in [0.2, 0.25) is 0 Å². The lowest BCUT2D eigenvalue weighted by Crippen LogP contribution is -1.83. The van der Waals surface area contributed by atoms with Gasteiger partial charge < -0.3 is 5.84 Å². The Morgan fingerprint density at radius 2 is 1.83 bits per heavy atom. The van der Waals surface area contributed by atoms with E-state index in [0.717, 1.165) is 33.1 Å². The van der Waals surface area contributed by atoms with E-state index in [1.54, 1.807) is 11.3 Å². The van der Waals surface area contributed by atoms with Crippen LogP contribution in [0.4, 0.5) is 5.69 Å². The smallest absolute Gasteiger partial charge is 0.157 e. The number of rotatable bonds is 4. The van der Waals surface area contributed by atoms with Crippen LogP contribution in [0.5, 0.6) is 0 Å². The van der Waals surface area contributed by atoms with Crippen molar-refractivity contribution in [3.8, 4) is 21.7 Å². The van der Waals surface area contributed by atoms with E-state index in [4.69, 9.17) is 5.84 Å². The van der Waals surface area contributed by atoms with E-state index >= 15 is 0 Å². The summed E-state index contributed by atoms with van der Waals surface area (Å²) in [5, 5.41) is 12.3. The molecular formula is C18H17N5S. The normalized spacial score (nSPS) is 11.6. The summed E-state index contributed by atoms with van der Waals surface area (Å²) in [6.45, 7) is 4.08. The molecule has 3 rings (SSSR count). The maximum atomic E-state index is 5.07. The molecule has 3 aromatic rings. The second-order valence-electron chi connectivity index (χ2n) is 5.24. The molecule has 0 aliphatic heterocycles. The summed E-state index contributed by atoms with van der Waals surface area (Å²) in [6.07, 6.45) is 1.22. The second kappa shape index (κ2) is 7.14. The average Bonchev–Trinajstić information content (AvgIpc) is 2.95. The first-order valence-electron chi connectivity index (χ1n) is 7.45. The summed E-state index contributed by atoms with van der Waals surface area (Å²) in [5.74, 6) is 5.07. The molecule has 0 aliphatic carbocycles. The van der Waals surface area contributed by atoms with Crippen molar-refractivity contribution < 1.29 is 0 Å². The van der Waals surface area contributed by atoms with Crippen LogP contribution in [0.2, 0.25) is 0 Å². The molecule has 0 saturated carbocycles. The maximum Gasteiger partial charge on any atom is 0.157 e. The summed E-state index contributed by atoms with van der Waals surface area (Å²) < 4.78 is 0. The van der Waals surface area contributed by atoms with E-state index < -0.39 is 0 Å². The van der Waals surface area contributed by atoms with Crippen LogP contribution in [-0.2, 0) is 0 Å². The Kier molecular flexibility index (Phi) is 4.77. The highest BCUT2D eigenvalue weighted by molar-refractivity contribution is 7.15. The standard InChI is InChI=1S/C18H17N5S/c1-12-13(2)24-18(22-12)16-10-15(14-6-4-3-5-7-14)8-9-17(16)23-21-11-20-19/h3-11H,19H2,1-2H3. The summed E-state index contributed by atoms with van der Waals surface area (Å²) in [7, 11) is 0. The van der Waals surface area contributed by atoms with Gasteiger partial charge in [-0.15, -0.1) is 21.6 Å². The molecule has 0 fully saturated rings. The van der Waals surface area contributed by atoms with Gasteiger partial charge in [-0.3, -0.25) is 0 Å². The number of nitrogens with two attached hydrogens (primary N) is 1. The van der Waals surface area contributed by atoms with Gasteiger partial charge in [0.05, 0.1) is 11.4 Å². The minimum Gasteiger partial charge on any atom is -0.322 e. The molecular weight excluding hydrogens is 318 g/mol. The Hall–Kier alpha value is -2.86. The Balaban J connectivity index is 2.13. The topological polar surface area (TPSA) is 76.0 Å². The van der Waals surface area contributed by atoms with Crippen LogP contribution < -0.4 is 5.84 Å². The number of benzene rings is 2. The average molecular weight is 335 g/mol. The van der Waals surface area contributed by atoms with Crippen LogP contribution in [0.25, 0.3) is 21.7 Å². The van der Waals surface area contributed by atoms with Crippen LogP contribution in [-0.4, -0.2) is 11.3 Å². The molecule has 1 aromatic heterocycles. The van der Waals surface area contributed by atoms with Gasteiger partial charge in [-0.2, -0.15) is 5.10 Å². The van der Waals surface area contributed by atoms with Gasteiger partial charge in [0.1, 0.15) is 5.01 Å². The van der Waals surface area contributed by atoms with E-state index in [-0.39, 0.29) is 0 Å². The number of hydrogen-bond acceptors (Lipinski definition) is 5. The van der Waals surface area contributed by atoms with Crippen LogP contribution >= 0.6 is 11.3 Å². The number of thiazole rings is 1. The minimum atomic E-state index is 0.739. The van der Waals surface area contributed by atoms with Crippen LogP contribution in [0, 0.1) is 13.8 Å². The zero-order valence-corrected chi connectivity index (χ0v) is 14.3. The third kappa shape index (κ3) is 3.38. The quantitative estimate of drug-likeness (QED) is 0.237. The largest absolute Gasteiger partial charge is 0.322 e. The highest BCUT2D eigenvalue weighted by atomic mass is 32.1. The zero-order chi connectivity index (χ0) is 16.9. The second-order valence-corrected chi connectivity index (χ2v) is 6.44. The van der Waals surface area contributed by atoms with Crippen molar-refractivity contribution in [2.45, 2.75) is 13.8 Å². The lowest BCUT2D eigenvalue weighted by Gasteiger charge is -2.06. The number of nitrogens with zero attached hydrogens (tertiary/aromatic N) is 4. The van der Waals surface area contributed by atoms with Gasteiger partial charge in [-0.25, -0.2) is 4.98 Å². The van der Waals surface area contributed by atoms with Crippen LogP contribution in [0.1, 0.15) is 10.6 Å². The van der Waals surface area contributed by atoms with Crippen molar-refractivity contribution >= 4 is 23.4 Å². The minimum absolute atomic E-state index is 0.739. The molecule has 0 bridgehead atoms. The third-order valence-corrected chi connectivity index (χ3v) is 4.75. The summed E-state index contributed by atoms with van der Waals surface area (Å²) >= 11 is 1.65. The van der Waals surface area contributed by atoms with E-state index in [1.165, 1.54) is 11.2 Å². The first-order chi connectivity index (χ1) is 11.7. The van der Waals surface area contributed by atoms with E-state index in [1.807, 2.05) is 37.3 Å². The molecule has 0 saturated heterocycles. The van der Waals surface area contributed by atoms with Crippen molar-refractivity contribution in [3.05, 3.63) is 59.1 Å². The number of hydrogen-bond donors (Lipinski definition) is 1. The summed E-state index contributed by atoms with van der Waals surface area (Å²) in [5.41, 5.74) is 4.99. The molecule has 24 heavy (non-hydrogen) atoms. The van der Waals surface area contributed by atoms with Gasteiger partial charge in [-0.1, -0.05) is 36.4 Å². The van der Waals surface area contributed by atoms with Crippen molar-refractivity contribution in [1.82, 2.24) is 4.98 Å². The Labute approximate surface area is 144 Å². The molecule has 0 radical (unpaired) electrons. The van der Waals surface area contributed by atoms with Gasteiger partial charge in [0, 0.05) is 10.4 Å². The summed E-state index contributed by atoms with van der Waals surface area (Å²) in [4.78, 5) is 5.86. The molecule has 2 N–H and O–H groups in total. The number of azo groups is 1. The lowest BCUT2D eigenvalue weighted by atomic mass is 10.0. The lowest BCUT2D eigenvalue weighted by molar-refractivity contribution is 1.21. The van der Waals surface area contributed by atoms with Gasteiger partial charge >= 0.3 is 0 Å². The molecule has 120 valence electrons. The monoisotopic (exact) mass is 335 g/mol. The first kappa shape index (κ1) is 16.0. The van der Waals surface area contributed by atoms with Crippen LogP contribution in [0.3, 0.4) is 0 Å². The zero-order valence-electron chi connectivity index (χ0n) is 13.5. The fourth-order valence-corrected chi connectivity index (χ4v) is 3.25. The first-order valence-corrected chi connectivity index (χ1v) is 8.27. The third-order valence-electron chi connectivity index (χ3n) is 3.65. The fourth-order valence-electron chi connectivity index (χ4n) is 2.31. The molecule has 6 heteroatoms. The molecule has 0 aliphatic rings. The van der Waals surface area contributed by atoms with E-state index in [2.05, 4.69) is 45.4 Å². The highest BCUT2D eigenvalue weighted by Gasteiger charge is 2.12. The summed E-state index contributed by atoms with van der Waals surface area (Å²) in [6, 6.07) is 16.3. The molecule has 0 amide bonds. The number of aryl methyl sites for hydroxylation is 2. The molecule has 2 aromatic carbocycles. The van der Waals surface area contributed by atoms with Gasteiger partial charge in [-0.05, 0) is 37.1 Å². The number of hydrazone groups is 1. The van der Waals surface area contributed by atoms with E-state index in [9.17, 15) is 0 Å². The predicted molar refractivity (Wildman–Crippen MR) is 99.7 cm³/mol. The van der Waals surface area contributed by atoms with Crippen molar-refractivity contribution in [2.24, 2.45) is 21.2 Å². The predicted octanol–water partition coefficient (Wildman–Crippen LogP) is 5.08. The van der Waals surface area contributed by atoms with Crippen molar-refractivity contribution in [3.63, 3.8) is 0 Å². The number of aromatic nitrogens is 1. The van der Waals surface area contributed by atoms with Gasteiger partial charge in [0.25, 0.3) is 0 Å². The van der Waals surface area contributed by atoms with E-state index in [0.29, 0.717) is 0 Å². The maximum absolute atomic E-state index is 5.07. The molecule has 0 spiro atoms. The molecule has 0 unspecified atom stereocenters. The Morgan fingerprint density at radius 1 is 1.04 bits per heavy atom. The SMILES string of the molecule is Cc1nc(-c2cc(-c3ccccc3)ccc2N=NC=NN)sc1C. The Bertz CT molecular complexity index is 878. The van der Waals surface area contributed by atoms with Crippen molar-refractivity contribution in [2.75, 3.05) is 0 Å².